The fourth-order valence-electron chi connectivity index (χ4n) is 0.510. The van der Waals surface area contributed by atoms with Gasteiger partial charge in [-0.15, -0.1) is 0 Å². The van der Waals surface area contributed by atoms with E-state index >= 15 is 0 Å². The molecule has 1 heterocycles. The van der Waals surface area contributed by atoms with Crippen molar-refractivity contribution in [2.24, 2.45) is 0 Å². The average molecular weight is 476 g/mol. The number of hydrogen-bond acceptors (Lipinski definition) is 1. The van der Waals surface area contributed by atoms with Crippen molar-refractivity contribution in [1.82, 2.24) is 0 Å². The zero-order valence-corrected chi connectivity index (χ0v) is 11.3. The van der Waals surface area contributed by atoms with E-state index in [2.05, 4.69) is 0 Å². The van der Waals surface area contributed by atoms with E-state index in [9.17, 15) is 0 Å². The monoisotopic (exact) mass is 478 g/mol. The Morgan fingerprint density at radius 2 is 1.25 bits per heavy atom. The zero-order chi connectivity index (χ0) is 3.54. The van der Waals surface area contributed by atoms with Crippen LogP contribution >= 0.6 is 0 Å². The number of halogens is 2. The standard InChI is InChI=1S/C4H8O.2HI.Sm/c1-2-4-5-3-1;;;/h1-4H2;2*1H;/p-2. The van der Waals surface area contributed by atoms with E-state index in [0.717, 1.165) is 13.2 Å². The quantitative estimate of drug-likeness (QED) is 0.318. The third-order valence-corrected chi connectivity index (χ3v) is 0.827. The molecule has 1 nitrogen and oxygen atoms in total. The average Bonchev–Trinajstić information content (AvgIpc) is 1.76. The summed E-state index contributed by atoms with van der Waals surface area (Å²) in [6.45, 7) is 2.00. The molecule has 0 atom stereocenters. The molecule has 1 rings (SSSR count). The normalized spacial score (nSPS) is 15.0. The van der Waals surface area contributed by atoms with Gasteiger partial charge in [0.25, 0.3) is 0 Å². The van der Waals surface area contributed by atoms with Crippen molar-refractivity contribution in [3.8, 4) is 0 Å². The van der Waals surface area contributed by atoms with Crippen LogP contribution in [0.2, 0.25) is 0 Å². The van der Waals surface area contributed by atoms with E-state index < -0.39 is 0 Å². The van der Waals surface area contributed by atoms with Crippen molar-refractivity contribution in [2.75, 3.05) is 13.2 Å². The first kappa shape index (κ1) is 17.0. The molecule has 0 radical (unpaired) electrons. The Bertz CT molecular complexity index is 25.6. The van der Waals surface area contributed by atoms with Crippen molar-refractivity contribution in [3.63, 3.8) is 0 Å². The smallest absolute Gasteiger partial charge is 0.0466 e. The Hall–Kier alpha value is 2.76. The second-order valence-electron chi connectivity index (χ2n) is 1.32. The minimum atomic E-state index is 0. The van der Waals surface area contributed by atoms with Crippen LogP contribution in [0.4, 0.5) is 0 Å². The predicted octanol–water partition coefficient (Wildman–Crippen LogP) is -5.20. The molecule has 0 aliphatic carbocycles. The molecule has 4 heteroatoms. The van der Waals surface area contributed by atoms with E-state index in [4.69, 9.17) is 4.74 Å². The first-order valence-corrected chi connectivity index (χ1v) is 2.08. The van der Waals surface area contributed by atoms with Gasteiger partial charge in [0.15, 0.2) is 0 Å². The molecule has 0 aromatic rings. The number of hydrogen-bond donors (Lipinski definition) is 0. The minimum absolute atomic E-state index is 0. The molecule has 0 spiro atoms. The molecule has 52 valence electrons. The van der Waals surface area contributed by atoms with Crippen molar-refractivity contribution in [2.45, 2.75) is 12.8 Å². The summed E-state index contributed by atoms with van der Waals surface area (Å²) in [4.78, 5) is 0. The third kappa shape index (κ3) is 8.76. The topological polar surface area (TPSA) is 9.23 Å². The molecule has 0 N–H and O–H groups in total. The van der Waals surface area contributed by atoms with Crippen LogP contribution in [-0.4, -0.2) is 13.2 Å². The maximum atomic E-state index is 4.94. The Morgan fingerprint density at radius 3 is 1.38 bits per heavy atom. The largest absolute Gasteiger partial charge is 1.00 e. The third-order valence-electron chi connectivity index (χ3n) is 0.827. The van der Waals surface area contributed by atoms with Crippen LogP contribution in [0.25, 0.3) is 0 Å². The van der Waals surface area contributed by atoms with Crippen molar-refractivity contribution in [1.29, 1.82) is 0 Å². The summed E-state index contributed by atoms with van der Waals surface area (Å²) < 4.78 is 4.94. The van der Waals surface area contributed by atoms with Gasteiger partial charge in [-0.25, -0.2) is 0 Å². The summed E-state index contributed by atoms with van der Waals surface area (Å²) in [5.74, 6) is 0. The first-order chi connectivity index (χ1) is 2.50. The van der Waals surface area contributed by atoms with E-state index in [-0.39, 0.29) is 88.3 Å². The molecule has 0 unspecified atom stereocenters. The molecule has 1 aliphatic heterocycles. The van der Waals surface area contributed by atoms with Gasteiger partial charge in [-0.3, -0.25) is 0 Å². The van der Waals surface area contributed by atoms with E-state index in [1.165, 1.54) is 12.8 Å². The number of rotatable bonds is 0. The molecule has 0 amide bonds. The summed E-state index contributed by atoms with van der Waals surface area (Å²) in [6, 6.07) is 0. The van der Waals surface area contributed by atoms with Gasteiger partial charge in [0, 0.05) is 53.6 Å². The van der Waals surface area contributed by atoms with Crippen molar-refractivity contribution < 1.29 is 93.1 Å². The van der Waals surface area contributed by atoms with Crippen LogP contribution in [0.5, 0.6) is 0 Å². The summed E-state index contributed by atoms with van der Waals surface area (Å²) >= 11 is 0. The van der Waals surface area contributed by atoms with Crippen molar-refractivity contribution in [3.05, 3.63) is 0 Å². The Balaban J connectivity index is -0.0000000833. The van der Waals surface area contributed by atoms with E-state index in [1.54, 1.807) is 0 Å². The molecular weight excluding hydrogens is 468 g/mol. The molecule has 0 aromatic carbocycles. The van der Waals surface area contributed by atoms with Gasteiger partial charge in [-0.05, 0) is 12.8 Å². The van der Waals surface area contributed by atoms with Gasteiger partial charge >= 0.3 is 0 Å². The molecule has 8 heavy (non-hydrogen) atoms. The Labute approximate surface area is 117 Å². The van der Waals surface area contributed by atoms with Crippen molar-refractivity contribution >= 4 is 0 Å². The van der Waals surface area contributed by atoms with Crippen LogP contribution in [-0.2, 0) is 4.74 Å². The summed E-state index contributed by atoms with van der Waals surface area (Å²) in [7, 11) is 0. The Morgan fingerprint density at radius 1 is 0.875 bits per heavy atom. The van der Waals surface area contributed by atoms with E-state index in [1.807, 2.05) is 0 Å². The second kappa shape index (κ2) is 12.4. The van der Waals surface area contributed by atoms with Gasteiger partial charge in [0.2, 0.25) is 0 Å². The molecular formula is C4H8I2OSm-2. The first-order valence-electron chi connectivity index (χ1n) is 2.08. The second-order valence-corrected chi connectivity index (χ2v) is 1.32. The van der Waals surface area contributed by atoms with Gasteiger partial charge < -0.3 is 52.7 Å². The fraction of sp³-hybridized carbons (Fsp3) is 1.00. The Kier molecular flexibility index (Phi) is 26.5. The molecule has 0 saturated carbocycles. The van der Waals surface area contributed by atoms with E-state index in [0.29, 0.717) is 0 Å². The maximum Gasteiger partial charge on any atom is 0.0466 e. The van der Waals surface area contributed by atoms with Gasteiger partial charge in [-0.2, -0.15) is 0 Å². The summed E-state index contributed by atoms with van der Waals surface area (Å²) in [5.41, 5.74) is 0. The van der Waals surface area contributed by atoms with Gasteiger partial charge in [-0.1, -0.05) is 0 Å². The molecule has 1 saturated heterocycles. The van der Waals surface area contributed by atoms with Crippen LogP contribution in [0.15, 0.2) is 0 Å². The van der Waals surface area contributed by atoms with Crippen LogP contribution in [0, 0.1) is 40.4 Å². The molecule has 0 bridgehead atoms. The summed E-state index contributed by atoms with van der Waals surface area (Å²) in [6.07, 6.45) is 2.56. The van der Waals surface area contributed by atoms with Gasteiger partial charge in [0.05, 0.1) is 0 Å². The maximum absolute atomic E-state index is 4.94. The molecule has 1 aliphatic rings. The van der Waals surface area contributed by atoms with Crippen LogP contribution in [0.1, 0.15) is 12.8 Å². The minimum Gasteiger partial charge on any atom is -1.00 e. The molecule has 0 aromatic heterocycles. The van der Waals surface area contributed by atoms with Gasteiger partial charge in [0.1, 0.15) is 0 Å². The fourth-order valence-corrected chi connectivity index (χ4v) is 0.510. The predicted molar refractivity (Wildman–Crippen MR) is 20.1 cm³/mol. The van der Waals surface area contributed by atoms with Crippen LogP contribution in [0.3, 0.4) is 0 Å². The molecule has 1 fully saturated rings. The van der Waals surface area contributed by atoms with Crippen LogP contribution < -0.4 is 48.0 Å². The SMILES string of the molecule is C1CCOC1.[I-].[I-].[Sm]. The summed E-state index contributed by atoms with van der Waals surface area (Å²) in [5, 5.41) is 0. The number of ether oxygens (including phenoxy) is 1. The zero-order valence-electron chi connectivity index (χ0n) is 4.40.